The second-order valence-corrected chi connectivity index (χ2v) is 4.47. The summed E-state index contributed by atoms with van der Waals surface area (Å²) < 4.78 is 0. The fourth-order valence-electron chi connectivity index (χ4n) is 1.78. The third-order valence-electron chi connectivity index (χ3n) is 2.53. The molecular weight excluding hydrogens is 238 g/mol. The van der Waals surface area contributed by atoms with Crippen LogP contribution in [0.15, 0.2) is 18.2 Å². The highest BCUT2D eigenvalue weighted by Crippen LogP contribution is 2.28. The van der Waals surface area contributed by atoms with Gasteiger partial charge in [-0.2, -0.15) is 0 Å². The molecule has 0 amide bonds. The average molecular weight is 256 g/mol. The molecule has 0 radical (unpaired) electrons. The van der Waals surface area contributed by atoms with E-state index in [1.807, 2.05) is 30.9 Å². The van der Waals surface area contributed by atoms with E-state index >= 15 is 0 Å². The summed E-state index contributed by atoms with van der Waals surface area (Å²) in [4.78, 5) is 1.97. The molecule has 94 valence electrons. The summed E-state index contributed by atoms with van der Waals surface area (Å²) in [5.74, 6) is -0.0609. The number of nitrogen functional groups attached to an aromatic ring is 1. The van der Waals surface area contributed by atoms with E-state index < -0.39 is 0 Å². The van der Waals surface area contributed by atoms with Crippen LogP contribution in [0.25, 0.3) is 0 Å². The van der Waals surface area contributed by atoms with Gasteiger partial charge in [0.2, 0.25) is 0 Å². The number of aliphatic hydroxyl groups excluding tert-OH is 1. The Morgan fingerprint density at radius 3 is 2.65 bits per heavy atom. The number of nitrogens with two attached hydrogens (primary N) is 1. The van der Waals surface area contributed by atoms with E-state index in [1.54, 1.807) is 6.07 Å². The molecule has 0 aromatic heterocycles. The molecule has 4 nitrogen and oxygen atoms in total. The van der Waals surface area contributed by atoms with Gasteiger partial charge in [0.05, 0.1) is 17.2 Å². The van der Waals surface area contributed by atoms with Crippen molar-refractivity contribution in [2.24, 2.45) is 5.73 Å². The van der Waals surface area contributed by atoms with Crippen LogP contribution in [-0.4, -0.2) is 30.1 Å². The van der Waals surface area contributed by atoms with Gasteiger partial charge in [-0.1, -0.05) is 17.7 Å². The summed E-state index contributed by atoms with van der Waals surface area (Å²) in [6.45, 7) is 4.56. The van der Waals surface area contributed by atoms with E-state index in [0.29, 0.717) is 17.1 Å². The van der Waals surface area contributed by atoms with Crippen LogP contribution < -0.4 is 10.6 Å². The lowest BCUT2D eigenvalue weighted by atomic mass is 10.1. The molecule has 5 heteroatoms. The SMILES string of the molecule is CC(C)N(CCO)c1cccc(Cl)c1C(=N)N. The summed E-state index contributed by atoms with van der Waals surface area (Å²) in [6, 6.07) is 5.58. The van der Waals surface area contributed by atoms with Gasteiger partial charge in [-0.3, -0.25) is 5.41 Å². The number of hydrogen-bond acceptors (Lipinski definition) is 3. The van der Waals surface area contributed by atoms with E-state index in [9.17, 15) is 0 Å². The van der Waals surface area contributed by atoms with E-state index in [1.165, 1.54) is 0 Å². The molecule has 1 aromatic rings. The van der Waals surface area contributed by atoms with Gasteiger partial charge < -0.3 is 15.7 Å². The van der Waals surface area contributed by atoms with Gasteiger partial charge in [0.1, 0.15) is 5.84 Å². The van der Waals surface area contributed by atoms with E-state index in [2.05, 4.69) is 0 Å². The first kappa shape index (κ1) is 13.8. The molecule has 1 rings (SSSR count). The molecule has 1 aromatic carbocycles. The first-order valence-electron chi connectivity index (χ1n) is 5.49. The maximum Gasteiger partial charge on any atom is 0.126 e. The summed E-state index contributed by atoms with van der Waals surface area (Å²) >= 11 is 6.06. The van der Waals surface area contributed by atoms with Crippen LogP contribution >= 0.6 is 11.6 Å². The summed E-state index contributed by atoms with van der Waals surface area (Å²) in [6.07, 6.45) is 0. The van der Waals surface area contributed by atoms with Gasteiger partial charge in [-0.05, 0) is 26.0 Å². The molecule has 4 N–H and O–H groups in total. The Hall–Kier alpha value is -1.26. The second-order valence-electron chi connectivity index (χ2n) is 4.06. The van der Waals surface area contributed by atoms with Gasteiger partial charge in [0.15, 0.2) is 0 Å². The van der Waals surface area contributed by atoms with Crippen LogP contribution in [0.5, 0.6) is 0 Å². The molecule has 0 unspecified atom stereocenters. The maximum absolute atomic E-state index is 9.09. The Kier molecular flexibility index (Phi) is 4.78. The Labute approximate surface area is 107 Å². The lowest BCUT2D eigenvalue weighted by Crippen LogP contribution is -2.35. The number of aliphatic hydroxyl groups is 1. The molecule has 0 saturated heterocycles. The van der Waals surface area contributed by atoms with Crippen molar-refractivity contribution in [3.63, 3.8) is 0 Å². The third-order valence-corrected chi connectivity index (χ3v) is 2.85. The largest absolute Gasteiger partial charge is 0.395 e. The van der Waals surface area contributed by atoms with Crippen LogP contribution in [0.4, 0.5) is 5.69 Å². The fraction of sp³-hybridized carbons (Fsp3) is 0.417. The lowest BCUT2D eigenvalue weighted by Gasteiger charge is -2.30. The van der Waals surface area contributed by atoms with Crippen LogP contribution in [0.3, 0.4) is 0 Å². The number of amidine groups is 1. The Morgan fingerprint density at radius 1 is 1.53 bits per heavy atom. The predicted octanol–water partition coefficient (Wildman–Crippen LogP) is 1.83. The molecule has 0 spiro atoms. The molecule has 0 atom stereocenters. The maximum atomic E-state index is 9.09. The fourth-order valence-corrected chi connectivity index (χ4v) is 2.05. The van der Waals surface area contributed by atoms with Crippen molar-refractivity contribution in [1.29, 1.82) is 5.41 Å². The minimum atomic E-state index is -0.0609. The molecule has 0 heterocycles. The third kappa shape index (κ3) is 3.11. The monoisotopic (exact) mass is 255 g/mol. The van der Waals surface area contributed by atoms with Crippen molar-refractivity contribution >= 4 is 23.1 Å². The zero-order chi connectivity index (χ0) is 13.0. The molecule has 0 aliphatic carbocycles. The Morgan fingerprint density at radius 2 is 2.18 bits per heavy atom. The smallest absolute Gasteiger partial charge is 0.126 e. The van der Waals surface area contributed by atoms with Gasteiger partial charge in [0.25, 0.3) is 0 Å². The molecule has 0 bridgehead atoms. The molecule has 0 saturated carbocycles. The highest BCUT2D eigenvalue weighted by molar-refractivity contribution is 6.34. The predicted molar refractivity (Wildman–Crippen MR) is 72.0 cm³/mol. The van der Waals surface area contributed by atoms with Crippen LogP contribution in [-0.2, 0) is 0 Å². The van der Waals surface area contributed by atoms with Crippen molar-refractivity contribution in [2.75, 3.05) is 18.1 Å². The number of benzene rings is 1. The molecule has 0 fully saturated rings. The molecule has 0 aliphatic rings. The van der Waals surface area contributed by atoms with Crippen molar-refractivity contribution in [1.82, 2.24) is 0 Å². The number of hydrogen-bond donors (Lipinski definition) is 3. The normalized spacial score (nSPS) is 10.6. The highest BCUT2D eigenvalue weighted by Gasteiger charge is 2.17. The van der Waals surface area contributed by atoms with Gasteiger partial charge in [-0.15, -0.1) is 0 Å². The Bertz CT molecular complexity index is 407. The van der Waals surface area contributed by atoms with Crippen molar-refractivity contribution in [3.8, 4) is 0 Å². The zero-order valence-corrected chi connectivity index (χ0v) is 10.8. The van der Waals surface area contributed by atoms with E-state index in [-0.39, 0.29) is 18.5 Å². The first-order chi connectivity index (χ1) is 7.99. The minimum absolute atomic E-state index is 0.0437. The molecular formula is C12H18ClN3O. The van der Waals surface area contributed by atoms with Crippen LogP contribution in [0.1, 0.15) is 19.4 Å². The molecule has 17 heavy (non-hydrogen) atoms. The number of rotatable bonds is 5. The topological polar surface area (TPSA) is 73.3 Å². The first-order valence-corrected chi connectivity index (χ1v) is 5.87. The number of halogens is 1. The minimum Gasteiger partial charge on any atom is -0.395 e. The summed E-state index contributed by atoms with van der Waals surface area (Å²) in [5, 5.41) is 17.1. The van der Waals surface area contributed by atoms with Crippen LogP contribution in [0, 0.1) is 5.41 Å². The standard InChI is InChI=1S/C12H18ClN3O/c1-8(2)16(6-7-17)10-5-3-4-9(13)11(10)12(14)15/h3-5,8,17H,6-7H2,1-2H3,(H3,14,15). The average Bonchev–Trinajstić information content (AvgIpc) is 2.24. The second kappa shape index (κ2) is 5.89. The number of anilines is 1. The zero-order valence-electron chi connectivity index (χ0n) is 10.1. The Balaban J connectivity index is 3.27. The summed E-state index contributed by atoms with van der Waals surface area (Å²) in [5.41, 5.74) is 6.87. The lowest BCUT2D eigenvalue weighted by molar-refractivity contribution is 0.299. The molecule has 0 aliphatic heterocycles. The number of nitrogens with one attached hydrogen (secondary N) is 1. The summed E-state index contributed by atoms with van der Waals surface area (Å²) in [7, 11) is 0. The van der Waals surface area contributed by atoms with Crippen molar-refractivity contribution in [3.05, 3.63) is 28.8 Å². The number of nitrogens with zero attached hydrogens (tertiary/aromatic N) is 1. The quantitative estimate of drug-likeness (QED) is 0.555. The van der Waals surface area contributed by atoms with Crippen molar-refractivity contribution in [2.45, 2.75) is 19.9 Å². The van der Waals surface area contributed by atoms with E-state index in [0.717, 1.165) is 5.69 Å². The van der Waals surface area contributed by atoms with Gasteiger partial charge >= 0.3 is 0 Å². The van der Waals surface area contributed by atoms with Gasteiger partial charge in [0, 0.05) is 18.3 Å². The van der Waals surface area contributed by atoms with Crippen LogP contribution in [0.2, 0.25) is 5.02 Å². The highest BCUT2D eigenvalue weighted by atomic mass is 35.5. The van der Waals surface area contributed by atoms with Gasteiger partial charge in [-0.25, -0.2) is 0 Å². The van der Waals surface area contributed by atoms with E-state index in [4.69, 9.17) is 27.9 Å². The van der Waals surface area contributed by atoms with Crippen molar-refractivity contribution < 1.29 is 5.11 Å².